The molecule has 0 saturated heterocycles. The summed E-state index contributed by atoms with van der Waals surface area (Å²) in [5.74, 6) is 0. The fourth-order valence-corrected chi connectivity index (χ4v) is 3.55. The van der Waals surface area contributed by atoms with Crippen molar-refractivity contribution in [3.63, 3.8) is 0 Å². The number of hydrogen-bond acceptors (Lipinski definition) is 2. The van der Waals surface area contributed by atoms with Gasteiger partial charge in [-0.25, -0.2) is 0 Å². The van der Waals surface area contributed by atoms with Crippen molar-refractivity contribution in [2.24, 2.45) is 0 Å². The minimum absolute atomic E-state index is 0.376. The van der Waals surface area contributed by atoms with E-state index in [4.69, 9.17) is 3.79 Å². The van der Waals surface area contributed by atoms with Crippen LogP contribution in [-0.4, -0.2) is 38.7 Å². The molecule has 0 heterocycles. The summed E-state index contributed by atoms with van der Waals surface area (Å²) in [6.07, 6.45) is 1.49. The zero-order valence-electron chi connectivity index (χ0n) is 10.5. The lowest BCUT2D eigenvalue weighted by molar-refractivity contribution is 0.0270. The number of nitrogens with zero attached hydrogens (tertiary/aromatic N) is 1. The molecular formula is C11H26AlNO. The first-order chi connectivity index (χ1) is 6.73. The molecular weight excluding hydrogens is 189 g/mol. The van der Waals surface area contributed by atoms with Crippen LogP contribution in [0.5, 0.6) is 0 Å². The van der Waals surface area contributed by atoms with Gasteiger partial charge in [0.25, 0.3) is 0 Å². The van der Waals surface area contributed by atoms with Crippen LogP contribution in [0.2, 0.25) is 10.6 Å². The summed E-state index contributed by atoms with van der Waals surface area (Å²) in [5.41, 5.74) is 0. The Kier molecular flexibility index (Phi) is 9.02. The minimum atomic E-state index is -0.893. The van der Waals surface area contributed by atoms with Gasteiger partial charge in [-0.2, -0.15) is 0 Å². The van der Waals surface area contributed by atoms with Gasteiger partial charge in [-0.3, -0.25) is 4.90 Å². The van der Waals surface area contributed by atoms with Crippen molar-refractivity contribution >= 4 is 14.5 Å². The molecule has 0 aromatic rings. The molecule has 0 aliphatic carbocycles. The largest absolute Gasteiger partial charge is 0.487 e. The van der Waals surface area contributed by atoms with Gasteiger partial charge in [0.2, 0.25) is 0 Å². The predicted molar refractivity (Wildman–Crippen MR) is 64.8 cm³/mol. The van der Waals surface area contributed by atoms with Crippen molar-refractivity contribution in [3.8, 4) is 0 Å². The van der Waals surface area contributed by atoms with Crippen molar-refractivity contribution in [3.05, 3.63) is 0 Å². The lowest BCUT2D eigenvalue weighted by atomic mass is 10.3. The second kappa shape index (κ2) is 8.74. The van der Waals surface area contributed by atoms with Crippen LogP contribution >= 0.6 is 0 Å². The Hall–Kier alpha value is 0.452. The van der Waals surface area contributed by atoms with E-state index >= 15 is 0 Å². The zero-order chi connectivity index (χ0) is 11.0. The van der Waals surface area contributed by atoms with Crippen LogP contribution in [0.1, 0.15) is 41.0 Å². The SMILES string of the molecule is CCC([O][Al]([CH2]C)[CH2]C)N(CC)CC. The van der Waals surface area contributed by atoms with Crippen LogP contribution in [0, 0.1) is 0 Å². The Morgan fingerprint density at radius 2 is 1.50 bits per heavy atom. The van der Waals surface area contributed by atoms with Crippen LogP contribution in [0.4, 0.5) is 0 Å². The minimum Gasteiger partial charge on any atom is -0.487 e. The van der Waals surface area contributed by atoms with E-state index < -0.39 is 14.5 Å². The molecule has 0 aliphatic heterocycles. The molecule has 0 fully saturated rings. The molecule has 14 heavy (non-hydrogen) atoms. The first kappa shape index (κ1) is 14.5. The maximum absolute atomic E-state index is 6.21. The van der Waals surface area contributed by atoms with E-state index in [2.05, 4.69) is 39.5 Å². The maximum atomic E-state index is 6.21. The van der Waals surface area contributed by atoms with Gasteiger partial charge in [-0.15, -0.1) is 0 Å². The highest BCUT2D eigenvalue weighted by atomic mass is 27.2. The topological polar surface area (TPSA) is 12.5 Å². The summed E-state index contributed by atoms with van der Waals surface area (Å²) in [7, 11) is 0. The van der Waals surface area contributed by atoms with Crippen molar-refractivity contribution in [1.82, 2.24) is 4.90 Å². The van der Waals surface area contributed by atoms with Gasteiger partial charge >= 0.3 is 14.5 Å². The molecule has 0 bridgehead atoms. The Morgan fingerprint density at radius 1 is 1.00 bits per heavy atom. The second-order valence-corrected chi connectivity index (χ2v) is 6.81. The standard InChI is InChI=1S/C7H16NO.2C2H5.Al/c1-4-7(9)8(5-2)6-3;2*1-2;/h7H,4-6H2,1-3H3;2*1H2,2H3;/q-1;;;+1. The lowest BCUT2D eigenvalue weighted by Gasteiger charge is -2.31. The summed E-state index contributed by atoms with van der Waals surface area (Å²) in [6, 6.07) is 0. The molecule has 0 saturated carbocycles. The molecule has 0 N–H and O–H groups in total. The zero-order valence-corrected chi connectivity index (χ0v) is 11.7. The smallest absolute Gasteiger partial charge is 0.461 e. The van der Waals surface area contributed by atoms with Gasteiger partial charge in [0.1, 0.15) is 0 Å². The van der Waals surface area contributed by atoms with Gasteiger partial charge in [0, 0.05) is 0 Å². The van der Waals surface area contributed by atoms with Crippen molar-refractivity contribution in [1.29, 1.82) is 0 Å². The molecule has 1 unspecified atom stereocenters. The first-order valence-electron chi connectivity index (χ1n) is 6.12. The lowest BCUT2D eigenvalue weighted by Crippen LogP contribution is -2.40. The molecule has 0 aromatic heterocycles. The summed E-state index contributed by atoms with van der Waals surface area (Å²) in [5, 5.41) is 2.52. The van der Waals surface area contributed by atoms with Crippen molar-refractivity contribution in [2.75, 3.05) is 13.1 Å². The summed E-state index contributed by atoms with van der Waals surface area (Å²) < 4.78 is 6.21. The molecule has 2 nitrogen and oxygen atoms in total. The molecule has 0 spiro atoms. The summed E-state index contributed by atoms with van der Waals surface area (Å²) in [4.78, 5) is 2.42. The monoisotopic (exact) mass is 215 g/mol. The highest BCUT2D eigenvalue weighted by Gasteiger charge is 2.22. The molecule has 0 rings (SSSR count). The molecule has 0 amide bonds. The highest BCUT2D eigenvalue weighted by Crippen LogP contribution is 2.11. The van der Waals surface area contributed by atoms with Gasteiger partial charge in [0.05, 0.1) is 6.23 Å². The third kappa shape index (κ3) is 4.80. The van der Waals surface area contributed by atoms with E-state index in [-0.39, 0.29) is 0 Å². The van der Waals surface area contributed by atoms with E-state index in [0.29, 0.717) is 6.23 Å². The molecule has 84 valence electrons. The van der Waals surface area contributed by atoms with E-state index in [1.807, 2.05) is 0 Å². The number of rotatable bonds is 8. The van der Waals surface area contributed by atoms with Crippen molar-refractivity contribution < 1.29 is 3.79 Å². The normalized spacial score (nSPS) is 13.3. The van der Waals surface area contributed by atoms with Crippen LogP contribution in [0.15, 0.2) is 0 Å². The second-order valence-electron chi connectivity index (χ2n) is 3.66. The maximum Gasteiger partial charge on any atom is 0.461 e. The molecule has 1 atom stereocenters. The summed E-state index contributed by atoms with van der Waals surface area (Å²) in [6.45, 7) is 13.4. The van der Waals surface area contributed by atoms with Crippen LogP contribution in [0.3, 0.4) is 0 Å². The molecule has 0 aliphatic rings. The predicted octanol–water partition coefficient (Wildman–Crippen LogP) is 3.11. The highest BCUT2D eigenvalue weighted by molar-refractivity contribution is 6.51. The van der Waals surface area contributed by atoms with E-state index in [1.165, 1.54) is 10.6 Å². The number of hydrogen-bond donors (Lipinski definition) is 0. The molecule has 0 radical (unpaired) electrons. The quantitative estimate of drug-likeness (QED) is 0.455. The average Bonchev–Trinajstić information content (AvgIpc) is 2.24. The van der Waals surface area contributed by atoms with Crippen molar-refractivity contribution in [2.45, 2.75) is 57.8 Å². The average molecular weight is 215 g/mol. The Morgan fingerprint density at radius 3 is 1.79 bits per heavy atom. The van der Waals surface area contributed by atoms with E-state index in [1.54, 1.807) is 0 Å². The van der Waals surface area contributed by atoms with Crippen LogP contribution in [-0.2, 0) is 3.79 Å². The fourth-order valence-electron chi connectivity index (χ4n) is 1.77. The molecule has 3 heteroatoms. The fraction of sp³-hybridized carbons (Fsp3) is 1.00. The first-order valence-corrected chi connectivity index (χ1v) is 8.23. The Balaban J connectivity index is 4.10. The van der Waals surface area contributed by atoms with E-state index in [9.17, 15) is 0 Å². The van der Waals surface area contributed by atoms with Crippen LogP contribution in [0.25, 0.3) is 0 Å². The Bertz CT molecular complexity index is 124. The van der Waals surface area contributed by atoms with Crippen LogP contribution < -0.4 is 0 Å². The molecule has 0 aromatic carbocycles. The third-order valence-corrected chi connectivity index (χ3v) is 5.35. The van der Waals surface area contributed by atoms with Gasteiger partial charge in [-0.1, -0.05) is 45.2 Å². The van der Waals surface area contributed by atoms with E-state index in [0.717, 1.165) is 19.5 Å². The Labute approximate surface area is 94.3 Å². The van der Waals surface area contributed by atoms with Gasteiger partial charge in [-0.05, 0) is 19.5 Å². The third-order valence-electron chi connectivity index (χ3n) is 2.83. The van der Waals surface area contributed by atoms with Gasteiger partial charge < -0.3 is 3.79 Å². The summed E-state index contributed by atoms with van der Waals surface area (Å²) >= 11 is -0.893. The van der Waals surface area contributed by atoms with Gasteiger partial charge in [0.15, 0.2) is 0 Å².